The molecule has 0 fully saturated rings. The molecule has 0 N–H and O–H groups in total. The van der Waals surface area contributed by atoms with E-state index in [1.54, 1.807) is 12.3 Å². The first-order chi connectivity index (χ1) is 15.5. The minimum absolute atomic E-state index is 0.191. The van der Waals surface area contributed by atoms with Crippen molar-refractivity contribution < 1.29 is 18.3 Å². The van der Waals surface area contributed by atoms with Crippen LogP contribution in [0.2, 0.25) is 0 Å². The van der Waals surface area contributed by atoms with E-state index in [0.717, 1.165) is 10.0 Å². The number of rotatable bonds is 6. The molecule has 0 bridgehead atoms. The standard InChI is InChI=1S/C25H17BrF2N2O2/c26-22-4-2-1-3-19(22)16-30-14-13-29-24(30)15-23(17-5-9-20(27)10-6-17)32-25(31)18-7-11-21(28)12-8-18/h1-15H,16H2/b23-15+. The third kappa shape index (κ3) is 5.18. The Labute approximate surface area is 191 Å². The van der Waals surface area contributed by atoms with E-state index in [0.29, 0.717) is 17.9 Å². The van der Waals surface area contributed by atoms with Gasteiger partial charge in [0, 0.05) is 28.5 Å². The zero-order chi connectivity index (χ0) is 22.5. The lowest BCUT2D eigenvalue weighted by atomic mass is 10.1. The second-order valence-corrected chi connectivity index (χ2v) is 7.77. The van der Waals surface area contributed by atoms with Gasteiger partial charge in [-0.25, -0.2) is 18.6 Å². The van der Waals surface area contributed by atoms with Crippen LogP contribution in [0.3, 0.4) is 0 Å². The summed E-state index contributed by atoms with van der Waals surface area (Å²) in [4.78, 5) is 17.0. The van der Waals surface area contributed by atoms with Crippen LogP contribution in [-0.4, -0.2) is 15.5 Å². The predicted molar refractivity (Wildman–Crippen MR) is 122 cm³/mol. The number of imidazole rings is 1. The Balaban J connectivity index is 1.68. The molecule has 1 heterocycles. The Morgan fingerprint density at radius 1 is 0.938 bits per heavy atom. The second-order valence-electron chi connectivity index (χ2n) is 6.92. The van der Waals surface area contributed by atoms with Gasteiger partial charge in [-0.1, -0.05) is 34.1 Å². The Bertz CT molecular complexity index is 1270. The maximum Gasteiger partial charge on any atom is 0.343 e. The summed E-state index contributed by atoms with van der Waals surface area (Å²) >= 11 is 3.54. The molecule has 0 amide bonds. The highest BCUT2D eigenvalue weighted by Gasteiger charge is 2.15. The Hall–Kier alpha value is -3.58. The van der Waals surface area contributed by atoms with E-state index in [9.17, 15) is 13.6 Å². The van der Waals surface area contributed by atoms with E-state index in [4.69, 9.17) is 4.74 Å². The Morgan fingerprint density at radius 3 is 2.22 bits per heavy atom. The Kier molecular flexibility index (Phi) is 6.56. The average molecular weight is 495 g/mol. The van der Waals surface area contributed by atoms with Crippen molar-refractivity contribution in [3.8, 4) is 0 Å². The number of carbonyl (C=O) groups is 1. The highest BCUT2D eigenvalue weighted by molar-refractivity contribution is 9.10. The largest absolute Gasteiger partial charge is 0.422 e. The zero-order valence-corrected chi connectivity index (χ0v) is 18.3. The smallest absolute Gasteiger partial charge is 0.343 e. The van der Waals surface area contributed by atoms with Gasteiger partial charge in [-0.3, -0.25) is 0 Å². The predicted octanol–water partition coefficient (Wildman–Crippen LogP) is 6.33. The summed E-state index contributed by atoms with van der Waals surface area (Å²) in [5, 5.41) is 0. The molecule has 0 spiro atoms. The SMILES string of the molecule is O=C(O/C(=C/c1nccn1Cc1ccccc1Br)c1ccc(F)cc1)c1ccc(F)cc1. The van der Waals surface area contributed by atoms with Crippen molar-refractivity contribution in [2.75, 3.05) is 0 Å². The normalized spacial score (nSPS) is 11.4. The van der Waals surface area contributed by atoms with E-state index in [2.05, 4.69) is 20.9 Å². The molecule has 3 aromatic carbocycles. The van der Waals surface area contributed by atoms with E-state index >= 15 is 0 Å². The summed E-state index contributed by atoms with van der Waals surface area (Å²) in [5.41, 5.74) is 1.74. The van der Waals surface area contributed by atoms with Crippen molar-refractivity contribution >= 4 is 33.7 Å². The highest BCUT2D eigenvalue weighted by Crippen LogP contribution is 2.23. The maximum absolute atomic E-state index is 13.5. The molecule has 0 aliphatic rings. The van der Waals surface area contributed by atoms with Crippen LogP contribution < -0.4 is 0 Å². The topological polar surface area (TPSA) is 44.1 Å². The van der Waals surface area contributed by atoms with Crippen molar-refractivity contribution in [1.82, 2.24) is 9.55 Å². The van der Waals surface area contributed by atoms with Crippen LogP contribution in [0.15, 0.2) is 89.7 Å². The van der Waals surface area contributed by atoms with Crippen LogP contribution in [0, 0.1) is 11.6 Å². The fourth-order valence-corrected chi connectivity index (χ4v) is 3.46. The van der Waals surface area contributed by atoms with Crippen molar-refractivity contribution in [2.24, 2.45) is 0 Å². The molecular weight excluding hydrogens is 478 g/mol. The lowest BCUT2D eigenvalue weighted by Crippen LogP contribution is -2.06. The molecule has 1 aromatic heterocycles. The molecule has 0 unspecified atom stereocenters. The van der Waals surface area contributed by atoms with Crippen molar-refractivity contribution in [1.29, 1.82) is 0 Å². The van der Waals surface area contributed by atoms with Crippen molar-refractivity contribution in [2.45, 2.75) is 6.54 Å². The van der Waals surface area contributed by atoms with Gasteiger partial charge in [0.2, 0.25) is 0 Å². The lowest BCUT2D eigenvalue weighted by Gasteiger charge is -2.11. The molecule has 160 valence electrons. The lowest BCUT2D eigenvalue weighted by molar-refractivity contribution is 0.0693. The van der Waals surface area contributed by atoms with Gasteiger partial charge in [0.05, 0.1) is 12.1 Å². The van der Waals surface area contributed by atoms with Crippen LogP contribution >= 0.6 is 15.9 Å². The first kappa shape index (κ1) is 21.6. The summed E-state index contributed by atoms with van der Waals surface area (Å²) in [6.07, 6.45) is 5.08. The van der Waals surface area contributed by atoms with Gasteiger partial charge >= 0.3 is 5.97 Å². The number of benzene rings is 3. The van der Waals surface area contributed by atoms with Crippen LogP contribution in [0.1, 0.15) is 27.3 Å². The number of ether oxygens (including phenoxy) is 1. The number of carbonyl (C=O) groups excluding carboxylic acids is 1. The number of nitrogens with zero attached hydrogens (tertiary/aromatic N) is 2. The summed E-state index contributed by atoms with van der Waals surface area (Å²) in [6, 6.07) is 18.5. The molecule has 4 rings (SSSR count). The molecule has 32 heavy (non-hydrogen) atoms. The molecule has 0 atom stereocenters. The molecule has 4 aromatic rings. The van der Waals surface area contributed by atoms with Gasteiger partial charge in [-0.05, 0) is 60.2 Å². The van der Waals surface area contributed by atoms with Crippen LogP contribution in [0.4, 0.5) is 8.78 Å². The third-order valence-corrected chi connectivity index (χ3v) is 5.49. The van der Waals surface area contributed by atoms with Gasteiger partial charge in [0.25, 0.3) is 0 Å². The summed E-state index contributed by atoms with van der Waals surface area (Å²) in [6.45, 7) is 0.538. The minimum Gasteiger partial charge on any atom is -0.422 e. The fraction of sp³-hybridized carbons (Fsp3) is 0.0400. The summed E-state index contributed by atoms with van der Waals surface area (Å²) in [5.74, 6) is -0.784. The Morgan fingerprint density at radius 2 is 1.56 bits per heavy atom. The monoisotopic (exact) mass is 494 g/mol. The van der Waals surface area contributed by atoms with E-state index < -0.39 is 17.6 Å². The molecular formula is C25H17BrF2N2O2. The first-order valence-electron chi connectivity index (χ1n) is 9.69. The van der Waals surface area contributed by atoms with Crippen LogP contribution in [0.5, 0.6) is 0 Å². The summed E-state index contributed by atoms with van der Waals surface area (Å²) in [7, 11) is 0. The fourth-order valence-electron chi connectivity index (χ4n) is 3.05. The van der Waals surface area contributed by atoms with E-state index in [1.807, 2.05) is 35.0 Å². The first-order valence-corrected chi connectivity index (χ1v) is 10.5. The molecule has 0 saturated heterocycles. The molecule has 0 radical (unpaired) electrons. The van der Waals surface area contributed by atoms with Crippen LogP contribution in [0.25, 0.3) is 11.8 Å². The number of halogens is 3. The molecule has 0 aliphatic heterocycles. The molecule has 7 heteroatoms. The third-order valence-electron chi connectivity index (χ3n) is 4.72. The van der Waals surface area contributed by atoms with Gasteiger partial charge < -0.3 is 9.30 Å². The summed E-state index contributed by atoms with van der Waals surface area (Å²) < 4.78 is 35.1. The molecule has 4 nitrogen and oxygen atoms in total. The second kappa shape index (κ2) is 9.70. The van der Waals surface area contributed by atoms with Crippen LogP contribution in [-0.2, 0) is 11.3 Å². The number of hydrogen-bond donors (Lipinski definition) is 0. The number of hydrogen-bond acceptors (Lipinski definition) is 3. The van der Waals surface area contributed by atoms with Crippen molar-refractivity contribution in [3.63, 3.8) is 0 Å². The van der Waals surface area contributed by atoms with Gasteiger partial charge in [0.1, 0.15) is 23.2 Å². The molecule has 0 saturated carbocycles. The molecule has 0 aliphatic carbocycles. The van der Waals surface area contributed by atoms with E-state index in [1.165, 1.54) is 48.5 Å². The van der Waals surface area contributed by atoms with Gasteiger partial charge in [-0.15, -0.1) is 0 Å². The highest BCUT2D eigenvalue weighted by atomic mass is 79.9. The quantitative estimate of drug-likeness (QED) is 0.232. The van der Waals surface area contributed by atoms with E-state index in [-0.39, 0.29) is 11.3 Å². The zero-order valence-electron chi connectivity index (χ0n) is 16.7. The number of esters is 1. The maximum atomic E-state index is 13.5. The minimum atomic E-state index is -0.663. The van der Waals surface area contributed by atoms with Gasteiger partial charge in [0.15, 0.2) is 0 Å². The number of aromatic nitrogens is 2. The van der Waals surface area contributed by atoms with Crippen molar-refractivity contribution in [3.05, 3.63) is 124 Å². The van der Waals surface area contributed by atoms with Gasteiger partial charge in [-0.2, -0.15) is 0 Å². The average Bonchev–Trinajstić information content (AvgIpc) is 3.22.